The molecule has 1 amide bonds. The van der Waals surface area contributed by atoms with Gasteiger partial charge < -0.3 is 24.3 Å². The lowest BCUT2D eigenvalue weighted by Crippen LogP contribution is -2.44. The molecule has 0 unspecified atom stereocenters. The number of fused-ring (bicyclic) bond motifs is 5. The average Bonchev–Trinajstić information content (AvgIpc) is 3.32. The zero-order chi connectivity index (χ0) is 25.4. The Morgan fingerprint density at radius 3 is 2.61 bits per heavy atom. The lowest BCUT2D eigenvalue weighted by atomic mass is 9.91. The summed E-state index contributed by atoms with van der Waals surface area (Å²) in [5.41, 5.74) is 2.93. The third-order valence-electron chi connectivity index (χ3n) is 6.91. The Hall–Kier alpha value is -3.81. The van der Waals surface area contributed by atoms with E-state index in [0.717, 1.165) is 36.0 Å². The molecular weight excluding hydrogens is 462 g/mol. The molecule has 3 aromatic rings. The van der Waals surface area contributed by atoms with Crippen LogP contribution in [0.4, 0.5) is 0 Å². The molecule has 1 atom stereocenters. The van der Waals surface area contributed by atoms with Gasteiger partial charge in [-0.2, -0.15) is 0 Å². The summed E-state index contributed by atoms with van der Waals surface area (Å²) >= 11 is 0. The van der Waals surface area contributed by atoms with Gasteiger partial charge in [0.05, 0.1) is 5.39 Å². The molecule has 1 aromatic heterocycles. The zero-order valence-electron chi connectivity index (χ0n) is 20.4. The van der Waals surface area contributed by atoms with Crippen LogP contribution in [0.2, 0.25) is 0 Å². The fourth-order valence-corrected chi connectivity index (χ4v) is 5.10. The predicted molar refractivity (Wildman–Crippen MR) is 133 cm³/mol. The van der Waals surface area contributed by atoms with E-state index >= 15 is 0 Å². The highest BCUT2D eigenvalue weighted by atomic mass is 16.5. The molecule has 1 aliphatic carbocycles. The van der Waals surface area contributed by atoms with Gasteiger partial charge in [-0.05, 0) is 57.1 Å². The second-order valence-corrected chi connectivity index (χ2v) is 10.1. The number of hydrogen-bond acceptors (Lipinski definition) is 6. The van der Waals surface area contributed by atoms with E-state index in [0.29, 0.717) is 40.9 Å². The summed E-state index contributed by atoms with van der Waals surface area (Å²) < 4.78 is 17.9. The molecule has 5 rings (SSSR count). The maximum atomic E-state index is 12.7. The van der Waals surface area contributed by atoms with Crippen LogP contribution < -0.4 is 20.4 Å². The molecule has 2 N–H and O–H groups in total. The van der Waals surface area contributed by atoms with Gasteiger partial charge >= 0.3 is 11.6 Å². The number of rotatable bonds is 7. The predicted octanol–water partition coefficient (Wildman–Crippen LogP) is 3.58. The van der Waals surface area contributed by atoms with Gasteiger partial charge in [0.25, 0.3) is 5.91 Å². The van der Waals surface area contributed by atoms with Crippen molar-refractivity contribution in [3.05, 3.63) is 69.1 Å². The molecule has 188 valence electrons. The molecular formula is C28H29NO7. The van der Waals surface area contributed by atoms with Crippen LogP contribution in [-0.2, 0) is 35.3 Å². The lowest BCUT2D eigenvalue weighted by Gasteiger charge is -2.33. The fourth-order valence-electron chi connectivity index (χ4n) is 5.10. The Morgan fingerprint density at radius 2 is 1.86 bits per heavy atom. The Balaban J connectivity index is 1.43. The van der Waals surface area contributed by atoms with Crippen molar-refractivity contribution in [1.29, 1.82) is 0 Å². The third-order valence-corrected chi connectivity index (χ3v) is 6.91. The molecule has 2 aliphatic rings. The topological polar surface area (TPSA) is 115 Å². The Bertz CT molecular complexity index is 1390. The summed E-state index contributed by atoms with van der Waals surface area (Å²) in [6.07, 6.45) is 3.85. The summed E-state index contributed by atoms with van der Waals surface area (Å²) in [6, 6.07) is 9.79. The third kappa shape index (κ3) is 4.67. The van der Waals surface area contributed by atoms with Crippen molar-refractivity contribution < 1.29 is 28.6 Å². The fraction of sp³-hybridized carbons (Fsp3) is 0.393. The van der Waals surface area contributed by atoms with E-state index < -0.39 is 23.5 Å². The van der Waals surface area contributed by atoms with Crippen LogP contribution in [0.3, 0.4) is 0 Å². The summed E-state index contributed by atoms with van der Waals surface area (Å²) in [4.78, 5) is 37.2. The van der Waals surface area contributed by atoms with E-state index in [4.69, 9.17) is 13.9 Å². The smallest absolute Gasteiger partial charge is 0.339 e. The van der Waals surface area contributed by atoms with E-state index in [1.54, 1.807) is 6.07 Å². The van der Waals surface area contributed by atoms with Crippen molar-refractivity contribution >= 4 is 22.8 Å². The van der Waals surface area contributed by atoms with Crippen molar-refractivity contribution in [3.8, 4) is 11.5 Å². The van der Waals surface area contributed by atoms with Gasteiger partial charge in [-0.15, -0.1) is 0 Å². The SMILES string of the molecule is CC1(C)CCc2c(cc(OCC(=O)N[C@@H](Cc3ccccc3)C(=O)O)c3c4c(c(=O)oc23)CCC4)O1. The maximum Gasteiger partial charge on any atom is 0.339 e. The van der Waals surface area contributed by atoms with Crippen LogP contribution in [0.15, 0.2) is 45.6 Å². The Morgan fingerprint density at radius 1 is 1.11 bits per heavy atom. The summed E-state index contributed by atoms with van der Waals surface area (Å²) in [5, 5.41) is 12.9. The van der Waals surface area contributed by atoms with Crippen molar-refractivity contribution in [3.63, 3.8) is 0 Å². The van der Waals surface area contributed by atoms with Gasteiger partial charge in [0.15, 0.2) is 6.61 Å². The number of carbonyl (C=O) groups excluding carboxylic acids is 1. The minimum absolute atomic E-state index is 0.158. The molecule has 0 bridgehead atoms. The Labute approximate surface area is 208 Å². The number of hydrogen-bond donors (Lipinski definition) is 2. The molecule has 0 saturated heterocycles. The molecule has 0 radical (unpaired) electrons. The van der Waals surface area contributed by atoms with Gasteiger partial charge in [-0.1, -0.05) is 30.3 Å². The van der Waals surface area contributed by atoms with Gasteiger partial charge in [0, 0.05) is 23.6 Å². The van der Waals surface area contributed by atoms with Crippen LogP contribution in [0.25, 0.3) is 11.0 Å². The zero-order valence-corrected chi connectivity index (χ0v) is 20.4. The molecule has 0 fully saturated rings. The molecule has 2 heterocycles. The van der Waals surface area contributed by atoms with Crippen LogP contribution in [0, 0.1) is 0 Å². The summed E-state index contributed by atoms with van der Waals surface area (Å²) in [6.45, 7) is 3.60. The van der Waals surface area contributed by atoms with E-state index in [9.17, 15) is 19.5 Å². The normalized spacial score (nSPS) is 16.5. The highest BCUT2D eigenvalue weighted by Crippen LogP contribution is 2.44. The highest BCUT2D eigenvalue weighted by molar-refractivity contribution is 5.93. The van der Waals surface area contributed by atoms with Crippen LogP contribution in [0.1, 0.15) is 48.9 Å². The number of aryl methyl sites for hydroxylation is 2. The minimum atomic E-state index is -1.12. The molecule has 0 saturated carbocycles. The van der Waals surface area contributed by atoms with Crippen LogP contribution in [0.5, 0.6) is 11.5 Å². The van der Waals surface area contributed by atoms with Crippen molar-refractivity contribution in [2.45, 2.75) is 64.0 Å². The molecule has 2 aromatic carbocycles. The standard InChI is InChI=1S/C28H29NO7/c1-28(2)12-11-19-21(36-28)14-22(24-17-9-6-10-18(17)27(33)35-25(19)24)34-15-23(30)29-20(26(31)32)13-16-7-4-3-5-8-16/h3-5,7-8,14,20H,6,9-13,15H2,1-2H3,(H,29,30)(H,31,32)/t20-/m0/s1. The number of carbonyl (C=O) groups is 2. The van der Waals surface area contributed by atoms with E-state index in [1.807, 2.05) is 44.2 Å². The number of aliphatic carboxylic acids is 1. The summed E-state index contributed by atoms with van der Waals surface area (Å²) in [5.74, 6) is -0.711. The lowest BCUT2D eigenvalue weighted by molar-refractivity contribution is -0.142. The number of carboxylic acid groups (broad SMARTS) is 1. The first-order chi connectivity index (χ1) is 17.2. The van der Waals surface area contributed by atoms with E-state index in [2.05, 4.69) is 5.32 Å². The first kappa shape index (κ1) is 23.9. The number of benzene rings is 2. The molecule has 1 aliphatic heterocycles. The molecule has 8 nitrogen and oxygen atoms in total. The van der Waals surface area contributed by atoms with E-state index in [1.165, 1.54) is 0 Å². The first-order valence-corrected chi connectivity index (χ1v) is 12.2. The van der Waals surface area contributed by atoms with Crippen molar-refractivity contribution in [2.24, 2.45) is 0 Å². The highest BCUT2D eigenvalue weighted by Gasteiger charge is 2.32. The molecule has 8 heteroatoms. The molecule has 36 heavy (non-hydrogen) atoms. The number of carboxylic acids is 1. The maximum absolute atomic E-state index is 12.7. The summed E-state index contributed by atoms with van der Waals surface area (Å²) in [7, 11) is 0. The van der Waals surface area contributed by atoms with Gasteiger partial charge in [0.2, 0.25) is 0 Å². The number of nitrogens with one attached hydrogen (secondary N) is 1. The van der Waals surface area contributed by atoms with E-state index in [-0.39, 0.29) is 18.7 Å². The monoisotopic (exact) mass is 491 g/mol. The van der Waals surface area contributed by atoms with Crippen molar-refractivity contribution in [2.75, 3.05) is 6.61 Å². The number of amides is 1. The second-order valence-electron chi connectivity index (χ2n) is 10.1. The average molecular weight is 492 g/mol. The second kappa shape index (κ2) is 9.33. The van der Waals surface area contributed by atoms with Crippen molar-refractivity contribution in [1.82, 2.24) is 5.32 Å². The van der Waals surface area contributed by atoms with Gasteiger partial charge in [-0.25, -0.2) is 9.59 Å². The number of ether oxygens (including phenoxy) is 2. The van der Waals surface area contributed by atoms with Crippen LogP contribution in [-0.4, -0.2) is 35.2 Å². The Kier molecular flexibility index (Phi) is 6.20. The van der Waals surface area contributed by atoms with Gasteiger partial charge in [0.1, 0.15) is 28.7 Å². The largest absolute Gasteiger partial charge is 0.487 e. The minimum Gasteiger partial charge on any atom is -0.487 e. The quantitative estimate of drug-likeness (QED) is 0.486. The van der Waals surface area contributed by atoms with Crippen LogP contribution >= 0.6 is 0 Å². The molecule has 0 spiro atoms. The first-order valence-electron chi connectivity index (χ1n) is 12.2. The van der Waals surface area contributed by atoms with Gasteiger partial charge in [-0.3, -0.25) is 4.79 Å².